The van der Waals surface area contributed by atoms with Gasteiger partial charge in [0.25, 0.3) is 0 Å². The van der Waals surface area contributed by atoms with E-state index in [4.69, 9.17) is 41.7 Å². The second kappa shape index (κ2) is 9.47. The van der Waals surface area contributed by atoms with Crippen molar-refractivity contribution in [3.63, 3.8) is 0 Å². The molecule has 0 radical (unpaired) electrons. The van der Waals surface area contributed by atoms with Crippen molar-refractivity contribution in [3.8, 4) is 0 Å². The zero-order valence-corrected chi connectivity index (χ0v) is 11.0. The summed E-state index contributed by atoms with van der Waals surface area (Å²) >= 11 is -2.51. The molecule has 13 heavy (non-hydrogen) atoms. The molecule has 0 fully saturated rings. The Morgan fingerprint density at radius 1 is 0.615 bits per heavy atom. The van der Waals surface area contributed by atoms with Gasteiger partial charge in [-0.3, -0.25) is 0 Å². The molecule has 0 saturated heterocycles. The van der Waals surface area contributed by atoms with E-state index in [1.165, 1.54) is 0 Å². The van der Waals surface area contributed by atoms with Gasteiger partial charge in [0.05, 0.1) is 0 Å². The third kappa shape index (κ3) is 1850. The fourth-order valence-corrected chi connectivity index (χ4v) is 0. The van der Waals surface area contributed by atoms with Gasteiger partial charge in [-0.15, -0.1) is 20.5 Å². The standard InChI is InChI=1S/2ClHO4.2O.U/c2*2-1(3,4)5;;;/h2*(H,2,3,4,5);;;/q;;;;+2/p-2. The van der Waals surface area contributed by atoms with Crippen LogP contribution in [0.5, 0.6) is 0 Å². The molecule has 0 spiro atoms. The third-order valence-corrected chi connectivity index (χ3v) is 0. The van der Waals surface area contributed by atoms with Gasteiger partial charge in [-0.2, -0.15) is 0 Å². The predicted octanol–water partition coefficient (Wildman–Crippen LogP) is -9.75. The van der Waals surface area contributed by atoms with E-state index < -0.39 is 48.3 Å². The Kier molecular flexibility index (Phi) is 14.2. The molecule has 0 rings (SSSR count). The van der Waals surface area contributed by atoms with Crippen molar-refractivity contribution in [3.05, 3.63) is 0 Å². The molecule has 78 valence electrons. The van der Waals surface area contributed by atoms with E-state index >= 15 is 0 Å². The van der Waals surface area contributed by atoms with Crippen molar-refractivity contribution < 1.29 is 90.0 Å². The van der Waals surface area contributed by atoms with E-state index in [9.17, 15) is 0 Å². The number of hydrogen-bond acceptors (Lipinski definition) is 10. The summed E-state index contributed by atoms with van der Waals surface area (Å²) in [6.45, 7) is 0. The van der Waals surface area contributed by atoms with Gasteiger partial charge in [0.15, 0.2) is 0 Å². The summed E-state index contributed by atoms with van der Waals surface area (Å²) in [5, 5.41) is 0. The number of hydrogen-bond donors (Lipinski definition) is 0. The SMILES string of the molecule is [O-][Cl+3]([O-])([O-])[O-].[O-][Cl+3]([O-])([O-])[O-].[O]=[U+2]=[O]. The summed E-state index contributed by atoms with van der Waals surface area (Å²) in [5.41, 5.74) is 0. The summed E-state index contributed by atoms with van der Waals surface area (Å²) in [6.07, 6.45) is 0. The average molecular weight is 469 g/mol. The Hall–Kier alpha value is 0.912. The molecule has 0 bridgehead atoms. The molecule has 0 heterocycles. The Balaban J connectivity index is -0.000000120. The van der Waals surface area contributed by atoms with Crippen molar-refractivity contribution in [2.24, 2.45) is 0 Å². The van der Waals surface area contributed by atoms with Gasteiger partial charge in [0.2, 0.25) is 0 Å². The van der Waals surface area contributed by atoms with Crippen LogP contribution in [0, 0.1) is 48.3 Å². The van der Waals surface area contributed by atoms with Gasteiger partial charge >= 0.3 is 32.3 Å². The number of halogens is 2. The minimum atomic E-state index is -4.94. The van der Waals surface area contributed by atoms with Gasteiger partial charge in [0, 0.05) is 0 Å². The van der Waals surface area contributed by atoms with Gasteiger partial charge in [-0.05, 0) is 0 Å². The average Bonchev–Trinajstić information content (AvgIpc) is 1.52. The summed E-state index contributed by atoms with van der Waals surface area (Å²) in [5.74, 6) is 0. The third-order valence-electron chi connectivity index (χ3n) is 0. The molecule has 0 aliphatic rings. The molecule has 0 aliphatic carbocycles. The molecule has 13 heteroatoms. The second-order valence-corrected chi connectivity index (χ2v) is 3.05. The molecule has 0 saturated carbocycles. The first-order chi connectivity index (χ1) is 5.41. The van der Waals surface area contributed by atoms with Crippen molar-refractivity contribution in [1.29, 1.82) is 0 Å². The first kappa shape index (κ1) is 19.5. The van der Waals surface area contributed by atoms with Crippen molar-refractivity contribution >= 4 is 0 Å². The summed E-state index contributed by atoms with van der Waals surface area (Å²) in [7, 11) is -9.89. The van der Waals surface area contributed by atoms with Crippen molar-refractivity contribution in [1.82, 2.24) is 0 Å². The normalized spacial score (nSPS) is 9.85. The predicted molar refractivity (Wildman–Crippen MR) is 1.37 cm³/mol. The second-order valence-electron chi connectivity index (χ2n) is 0.839. The van der Waals surface area contributed by atoms with Crippen LogP contribution in [-0.2, 0) is 4.47 Å². The summed E-state index contributed by atoms with van der Waals surface area (Å²) in [6, 6.07) is 0. The Bertz CT molecular complexity index is 110. The van der Waals surface area contributed by atoms with Crippen molar-refractivity contribution in [2.45, 2.75) is 0 Å². The van der Waals surface area contributed by atoms with Crippen LogP contribution in [0.2, 0.25) is 0 Å². The molecule has 0 aliphatic heterocycles. The Morgan fingerprint density at radius 2 is 0.615 bits per heavy atom. The van der Waals surface area contributed by atoms with E-state index in [-0.39, 0.29) is 0 Å². The zero-order chi connectivity index (χ0) is 11.7. The fourth-order valence-electron chi connectivity index (χ4n) is 0. The van der Waals surface area contributed by atoms with Crippen LogP contribution >= 0.6 is 0 Å². The van der Waals surface area contributed by atoms with E-state index in [1.807, 2.05) is 0 Å². The van der Waals surface area contributed by atoms with Crippen LogP contribution in [-0.4, -0.2) is 0 Å². The molecular weight excluding hydrogens is 469 g/mol. The zero-order valence-electron chi connectivity index (χ0n) is 5.34. The molecule has 0 aromatic carbocycles. The molecule has 0 N–H and O–H groups in total. The first-order valence-corrected chi connectivity index (χ1v) is 7.51. The molecule has 0 aromatic rings. The first-order valence-electron chi connectivity index (χ1n) is 1.64. The van der Waals surface area contributed by atoms with Gasteiger partial charge < -0.3 is 0 Å². The van der Waals surface area contributed by atoms with Crippen LogP contribution in [0.4, 0.5) is 0 Å². The summed E-state index contributed by atoms with van der Waals surface area (Å²) < 4.78 is 85.1. The van der Waals surface area contributed by atoms with E-state index in [2.05, 4.69) is 0 Å². The fraction of sp³-hybridized carbons (Fsp3) is 0. The molecule has 0 aromatic heterocycles. The van der Waals surface area contributed by atoms with Crippen LogP contribution in [0.25, 0.3) is 0 Å². The van der Waals surface area contributed by atoms with Gasteiger partial charge in [0.1, 0.15) is 0 Å². The quantitative estimate of drug-likeness (QED) is 0.326. The Labute approximate surface area is 89.7 Å². The monoisotopic (exact) mass is 468 g/mol. The summed E-state index contributed by atoms with van der Waals surface area (Å²) in [4.78, 5) is 0. The topological polar surface area (TPSA) is 219 Å². The van der Waals surface area contributed by atoms with Crippen LogP contribution < -0.4 is 37.3 Å². The van der Waals surface area contributed by atoms with Gasteiger partial charge in [-0.1, -0.05) is 0 Å². The Morgan fingerprint density at radius 3 is 0.615 bits per heavy atom. The van der Waals surface area contributed by atoms with Crippen LogP contribution in [0.15, 0.2) is 0 Å². The molecule has 10 nitrogen and oxygen atoms in total. The van der Waals surface area contributed by atoms with Crippen LogP contribution in [0.3, 0.4) is 0 Å². The van der Waals surface area contributed by atoms with E-state index in [0.29, 0.717) is 0 Å². The minimum absolute atomic E-state index is 2.51. The van der Waals surface area contributed by atoms with Crippen LogP contribution in [0.1, 0.15) is 0 Å². The molecule has 0 amide bonds. The number of rotatable bonds is 0. The van der Waals surface area contributed by atoms with E-state index in [1.54, 1.807) is 0 Å². The van der Waals surface area contributed by atoms with Crippen molar-refractivity contribution in [2.75, 3.05) is 0 Å². The van der Waals surface area contributed by atoms with E-state index in [0.717, 1.165) is 0 Å². The van der Waals surface area contributed by atoms with Gasteiger partial charge in [-0.25, -0.2) is 37.3 Å². The molecule has 0 unspecified atom stereocenters. The maximum atomic E-state index is 8.58. The molecule has 0 atom stereocenters. The maximum absolute atomic E-state index is 8.58. The molecular formula is Cl2O10U.